The van der Waals surface area contributed by atoms with Gasteiger partial charge in [-0.25, -0.2) is 0 Å². The highest BCUT2D eigenvalue weighted by Crippen LogP contribution is 2.32. The lowest BCUT2D eigenvalue weighted by Crippen LogP contribution is -2.32. The van der Waals surface area contributed by atoms with Crippen LogP contribution in [0.5, 0.6) is 0 Å². The number of carboxylic acid groups (broad SMARTS) is 1. The molecule has 9 heteroatoms. The lowest BCUT2D eigenvalue weighted by atomic mass is 9.97. The first-order valence-electron chi connectivity index (χ1n) is 7.22. The number of aliphatic hydroxyl groups excluding tert-OH is 3. The number of aliphatic hydroxyl groups is 3. The number of carbonyl (C=O) groups is 2. The highest BCUT2D eigenvalue weighted by atomic mass is 32.2. The molecule has 0 aromatic carbocycles. The van der Waals surface area contributed by atoms with Gasteiger partial charge in [0.25, 0.3) is 5.91 Å². The van der Waals surface area contributed by atoms with Crippen LogP contribution in [0, 0.1) is 5.92 Å². The number of hydrogen-bond donors (Lipinski definition) is 4. The Labute approximate surface area is 144 Å². The molecule has 1 aliphatic heterocycles. The Bertz CT molecular complexity index is 496. The Morgan fingerprint density at radius 2 is 2.09 bits per heavy atom. The maximum Gasteiger partial charge on any atom is 0.303 e. The van der Waals surface area contributed by atoms with Gasteiger partial charge in [-0.3, -0.25) is 14.5 Å². The van der Waals surface area contributed by atoms with Crippen LogP contribution in [-0.2, 0) is 9.59 Å². The Morgan fingerprint density at radius 1 is 1.43 bits per heavy atom. The van der Waals surface area contributed by atoms with Crippen LogP contribution >= 0.6 is 24.0 Å². The van der Waals surface area contributed by atoms with Crippen molar-refractivity contribution < 1.29 is 30.0 Å². The predicted octanol–water partition coefficient (Wildman–Crippen LogP) is 0.336. The van der Waals surface area contributed by atoms with Gasteiger partial charge >= 0.3 is 5.97 Å². The number of thiocarbonyl (C=S) groups is 1. The summed E-state index contributed by atoms with van der Waals surface area (Å²) in [6.45, 7) is 1.65. The van der Waals surface area contributed by atoms with Gasteiger partial charge in [0.05, 0.1) is 17.1 Å². The van der Waals surface area contributed by atoms with Crippen molar-refractivity contribution in [3.63, 3.8) is 0 Å². The van der Waals surface area contributed by atoms with Crippen molar-refractivity contribution in [3.8, 4) is 0 Å². The SMILES string of the molecule is CC(/C=C1\SC(=S)N(CCCC(=O)O)C1=O)C(O)C(O)CCO. The molecule has 1 saturated heterocycles. The van der Waals surface area contributed by atoms with E-state index < -0.39 is 24.1 Å². The largest absolute Gasteiger partial charge is 0.481 e. The number of aliphatic carboxylic acids is 1. The smallest absolute Gasteiger partial charge is 0.303 e. The summed E-state index contributed by atoms with van der Waals surface area (Å²) in [5, 5.41) is 37.0. The van der Waals surface area contributed by atoms with E-state index in [1.807, 2.05) is 0 Å². The lowest BCUT2D eigenvalue weighted by Gasteiger charge is -2.21. The summed E-state index contributed by atoms with van der Waals surface area (Å²) in [6, 6.07) is 0. The van der Waals surface area contributed by atoms with Gasteiger partial charge in [-0.05, 0) is 12.8 Å². The Balaban J connectivity index is 2.68. The first-order chi connectivity index (χ1) is 10.8. The van der Waals surface area contributed by atoms with Crippen LogP contribution in [0.1, 0.15) is 26.2 Å². The van der Waals surface area contributed by atoms with Crippen LogP contribution in [0.15, 0.2) is 11.0 Å². The second-order valence-electron chi connectivity index (χ2n) is 5.28. The quantitative estimate of drug-likeness (QED) is 0.342. The third-order valence-electron chi connectivity index (χ3n) is 3.42. The van der Waals surface area contributed by atoms with Crippen molar-refractivity contribution in [2.24, 2.45) is 5.92 Å². The normalized spacial score (nSPS) is 20.9. The van der Waals surface area contributed by atoms with Crippen molar-refractivity contribution in [3.05, 3.63) is 11.0 Å². The summed E-state index contributed by atoms with van der Waals surface area (Å²) < 4.78 is 0.351. The number of carbonyl (C=O) groups excluding carboxylic acids is 1. The third-order valence-corrected chi connectivity index (χ3v) is 4.81. The molecule has 130 valence electrons. The molecule has 4 N–H and O–H groups in total. The predicted molar refractivity (Wildman–Crippen MR) is 89.7 cm³/mol. The second-order valence-corrected chi connectivity index (χ2v) is 6.96. The van der Waals surface area contributed by atoms with E-state index in [1.165, 1.54) is 4.90 Å². The minimum atomic E-state index is -1.10. The summed E-state index contributed by atoms with van der Waals surface area (Å²) in [5.41, 5.74) is 0. The van der Waals surface area contributed by atoms with Crippen LogP contribution in [0.2, 0.25) is 0 Å². The molecule has 1 amide bonds. The van der Waals surface area contributed by atoms with Gasteiger partial charge in [0.15, 0.2) is 0 Å². The van der Waals surface area contributed by atoms with Gasteiger partial charge < -0.3 is 20.4 Å². The number of thioether (sulfide) groups is 1. The number of amides is 1. The van der Waals surface area contributed by atoms with Gasteiger partial charge in [-0.2, -0.15) is 0 Å². The maximum atomic E-state index is 12.3. The third kappa shape index (κ3) is 5.85. The Morgan fingerprint density at radius 3 is 2.65 bits per heavy atom. The van der Waals surface area contributed by atoms with Crippen LogP contribution in [0.3, 0.4) is 0 Å². The fourth-order valence-corrected chi connectivity index (χ4v) is 3.48. The van der Waals surface area contributed by atoms with Gasteiger partial charge in [0.2, 0.25) is 0 Å². The molecule has 1 aliphatic rings. The molecule has 0 saturated carbocycles. The average molecular weight is 363 g/mol. The number of nitrogens with zero attached hydrogens (tertiary/aromatic N) is 1. The van der Waals surface area contributed by atoms with Crippen molar-refractivity contribution in [1.29, 1.82) is 0 Å². The molecule has 1 heterocycles. The highest BCUT2D eigenvalue weighted by Gasteiger charge is 2.33. The zero-order valence-corrected chi connectivity index (χ0v) is 14.3. The van der Waals surface area contributed by atoms with Crippen molar-refractivity contribution in [2.75, 3.05) is 13.2 Å². The molecular weight excluding hydrogens is 342 g/mol. The zero-order valence-electron chi connectivity index (χ0n) is 12.7. The first-order valence-corrected chi connectivity index (χ1v) is 8.44. The van der Waals surface area contributed by atoms with Crippen LogP contribution in [-0.4, -0.2) is 66.9 Å². The van der Waals surface area contributed by atoms with E-state index >= 15 is 0 Å². The lowest BCUT2D eigenvalue weighted by molar-refractivity contribution is -0.137. The molecule has 0 aromatic heterocycles. The minimum Gasteiger partial charge on any atom is -0.481 e. The summed E-state index contributed by atoms with van der Waals surface area (Å²) in [4.78, 5) is 24.5. The summed E-state index contributed by atoms with van der Waals surface area (Å²) >= 11 is 6.21. The first kappa shape index (κ1) is 20.0. The van der Waals surface area contributed by atoms with Gasteiger partial charge in [0.1, 0.15) is 4.32 Å². The van der Waals surface area contributed by atoms with Gasteiger partial charge in [-0.15, -0.1) is 0 Å². The van der Waals surface area contributed by atoms with Gasteiger partial charge in [-0.1, -0.05) is 37.0 Å². The molecule has 3 atom stereocenters. The van der Waals surface area contributed by atoms with Crippen molar-refractivity contribution in [2.45, 2.75) is 38.4 Å². The van der Waals surface area contributed by atoms with Crippen LogP contribution < -0.4 is 0 Å². The molecule has 0 spiro atoms. The second kappa shape index (κ2) is 9.33. The molecule has 0 aromatic rings. The van der Waals surface area contributed by atoms with E-state index in [-0.39, 0.29) is 31.9 Å². The standard InChI is InChI=1S/C14H21NO6S2/c1-8(12(20)9(17)4-6-16)7-10-13(21)15(14(22)23-10)5-2-3-11(18)19/h7-9,12,16-17,20H,2-6H2,1H3,(H,18,19)/b10-7-. The zero-order chi connectivity index (χ0) is 17.6. The molecule has 0 bridgehead atoms. The number of carboxylic acids is 1. The molecule has 1 fully saturated rings. The van der Waals surface area contributed by atoms with Gasteiger partial charge in [0, 0.05) is 25.5 Å². The number of rotatable bonds is 9. The molecular formula is C14H21NO6S2. The minimum absolute atomic E-state index is 0.0431. The maximum absolute atomic E-state index is 12.3. The van der Waals surface area contributed by atoms with E-state index in [9.17, 15) is 19.8 Å². The Hall–Kier alpha value is -1.00. The molecule has 3 unspecified atom stereocenters. The summed E-state index contributed by atoms with van der Waals surface area (Å²) in [5.74, 6) is -1.74. The van der Waals surface area contributed by atoms with Crippen LogP contribution in [0.4, 0.5) is 0 Å². The van der Waals surface area contributed by atoms with E-state index in [4.69, 9.17) is 22.4 Å². The van der Waals surface area contributed by atoms with E-state index in [1.54, 1.807) is 13.0 Å². The summed E-state index contributed by atoms with van der Waals surface area (Å²) in [6.07, 6.45) is -0.317. The molecule has 0 radical (unpaired) electrons. The monoisotopic (exact) mass is 363 g/mol. The average Bonchev–Trinajstić information content (AvgIpc) is 2.73. The van der Waals surface area contributed by atoms with Crippen molar-refractivity contribution >= 4 is 40.2 Å². The summed E-state index contributed by atoms with van der Waals surface area (Å²) in [7, 11) is 0. The highest BCUT2D eigenvalue weighted by molar-refractivity contribution is 8.26. The Kier molecular flexibility index (Phi) is 8.13. The van der Waals surface area contributed by atoms with E-state index in [2.05, 4.69) is 0 Å². The van der Waals surface area contributed by atoms with E-state index in [0.717, 1.165) is 11.8 Å². The fraction of sp³-hybridized carbons (Fsp3) is 0.643. The molecule has 7 nitrogen and oxygen atoms in total. The molecule has 0 aliphatic carbocycles. The molecule has 23 heavy (non-hydrogen) atoms. The topological polar surface area (TPSA) is 118 Å². The van der Waals surface area contributed by atoms with E-state index in [0.29, 0.717) is 15.6 Å². The number of hydrogen-bond acceptors (Lipinski definition) is 7. The van der Waals surface area contributed by atoms with Crippen molar-refractivity contribution in [1.82, 2.24) is 4.90 Å². The molecule has 1 rings (SSSR count). The van der Waals surface area contributed by atoms with Crippen LogP contribution in [0.25, 0.3) is 0 Å². The fourth-order valence-electron chi connectivity index (χ4n) is 2.09.